The minimum Gasteiger partial charge on any atom is -0.482 e. The second kappa shape index (κ2) is 5.47. The van der Waals surface area contributed by atoms with Crippen molar-refractivity contribution >= 4 is 51.8 Å². The van der Waals surface area contributed by atoms with Gasteiger partial charge in [0.25, 0.3) is 5.91 Å². The van der Waals surface area contributed by atoms with E-state index in [2.05, 4.69) is 15.6 Å². The number of hydrogen-bond acceptors (Lipinski definition) is 5. The lowest BCUT2D eigenvalue weighted by atomic mass is 10.2. The van der Waals surface area contributed by atoms with Gasteiger partial charge in [0.15, 0.2) is 6.61 Å². The fraction of sp³-hybridized carbons (Fsp3) is 0.167. The molecule has 2 heterocycles. The fourth-order valence-corrected chi connectivity index (χ4v) is 2.90. The molecule has 1 amide bonds. The molecule has 0 fully saturated rings. The van der Waals surface area contributed by atoms with Crippen molar-refractivity contribution in [1.29, 1.82) is 0 Å². The van der Waals surface area contributed by atoms with Crippen molar-refractivity contribution in [1.82, 2.24) is 4.98 Å². The first kappa shape index (κ1) is 13.5. The molecule has 0 aliphatic carbocycles. The molecule has 1 aromatic carbocycles. The number of ether oxygens (including phenoxy) is 1. The Bertz CT molecular complexity index is 675. The number of thiazole rings is 1. The quantitative estimate of drug-likeness (QED) is 0.905. The number of rotatable bonds is 3. The first-order valence-corrected chi connectivity index (χ1v) is 7.29. The van der Waals surface area contributed by atoms with Crippen molar-refractivity contribution in [3.63, 3.8) is 0 Å². The molecule has 1 aromatic heterocycles. The molecule has 0 saturated heterocycles. The summed E-state index contributed by atoms with van der Waals surface area (Å²) < 4.78 is 5.99. The van der Waals surface area contributed by atoms with Gasteiger partial charge in [-0.3, -0.25) is 4.79 Å². The van der Waals surface area contributed by atoms with E-state index in [0.29, 0.717) is 33.0 Å². The van der Waals surface area contributed by atoms with Crippen LogP contribution in [-0.4, -0.2) is 17.5 Å². The topological polar surface area (TPSA) is 63.2 Å². The Kier molecular flexibility index (Phi) is 3.69. The summed E-state index contributed by atoms with van der Waals surface area (Å²) in [6.07, 6.45) is 1.61. The third-order valence-electron chi connectivity index (χ3n) is 2.66. The molecule has 0 atom stereocenters. The zero-order valence-electron chi connectivity index (χ0n) is 10.1. The molecule has 2 aromatic rings. The van der Waals surface area contributed by atoms with Gasteiger partial charge in [-0.1, -0.05) is 23.2 Å². The number of amides is 1. The van der Waals surface area contributed by atoms with E-state index >= 15 is 0 Å². The number of halogens is 2. The van der Waals surface area contributed by atoms with Crippen LogP contribution in [0.25, 0.3) is 0 Å². The normalized spacial score (nSPS) is 13.4. The molecule has 1 aliphatic heterocycles. The molecule has 8 heteroatoms. The van der Waals surface area contributed by atoms with Crippen molar-refractivity contribution < 1.29 is 9.53 Å². The van der Waals surface area contributed by atoms with E-state index < -0.39 is 0 Å². The number of benzene rings is 1. The van der Waals surface area contributed by atoms with E-state index in [0.717, 1.165) is 5.01 Å². The van der Waals surface area contributed by atoms with Gasteiger partial charge < -0.3 is 15.4 Å². The molecule has 1 aliphatic rings. The van der Waals surface area contributed by atoms with Crippen LogP contribution in [0, 0.1) is 0 Å². The van der Waals surface area contributed by atoms with Crippen LogP contribution in [0.1, 0.15) is 5.01 Å². The highest BCUT2D eigenvalue weighted by Crippen LogP contribution is 2.36. The number of anilines is 2. The molecular formula is C12H9Cl2N3O2S. The standard InChI is InChI=1S/C12H9Cl2N3O2S/c13-6-1-8-9(19-5-11(18)17-8)2-7(6)15-4-12-16-3-10(14)20-12/h1-3,15H,4-5H2,(H,17,18). The van der Waals surface area contributed by atoms with Gasteiger partial charge in [0.05, 0.1) is 29.1 Å². The zero-order chi connectivity index (χ0) is 14.1. The van der Waals surface area contributed by atoms with E-state index in [9.17, 15) is 4.79 Å². The second-order valence-electron chi connectivity index (χ2n) is 4.08. The molecule has 104 valence electrons. The van der Waals surface area contributed by atoms with Crippen molar-refractivity contribution in [2.45, 2.75) is 6.54 Å². The van der Waals surface area contributed by atoms with Crippen molar-refractivity contribution in [2.24, 2.45) is 0 Å². The maximum Gasteiger partial charge on any atom is 0.262 e. The highest BCUT2D eigenvalue weighted by molar-refractivity contribution is 7.15. The van der Waals surface area contributed by atoms with Crippen LogP contribution in [0.15, 0.2) is 18.3 Å². The lowest BCUT2D eigenvalue weighted by Crippen LogP contribution is -2.25. The monoisotopic (exact) mass is 329 g/mol. The van der Waals surface area contributed by atoms with Crippen LogP contribution in [0.5, 0.6) is 5.75 Å². The minimum absolute atomic E-state index is 0.0101. The van der Waals surface area contributed by atoms with Crippen LogP contribution in [0.2, 0.25) is 9.36 Å². The highest BCUT2D eigenvalue weighted by atomic mass is 35.5. The Balaban J connectivity index is 1.78. The lowest BCUT2D eigenvalue weighted by molar-refractivity contribution is -0.118. The molecule has 20 heavy (non-hydrogen) atoms. The van der Waals surface area contributed by atoms with Crippen LogP contribution in [0.4, 0.5) is 11.4 Å². The molecule has 3 rings (SSSR count). The summed E-state index contributed by atoms with van der Waals surface area (Å²) in [6, 6.07) is 3.41. The van der Waals surface area contributed by atoms with Crippen LogP contribution in [0.3, 0.4) is 0 Å². The molecule has 0 radical (unpaired) electrons. The molecule has 0 bridgehead atoms. The lowest BCUT2D eigenvalue weighted by Gasteiger charge is -2.19. The van der Waals surface area contributed by atoms with Crippen molar-refractivity contribution in [2.75, 3.05) is 17.2 Å². The van der Waals surface area contributed by atoms with Crippen molar-refractivity contribution in [3.05, 3.63) is 32.7 Å². The van der Waals surface area contributed by atoms with E-state index in [1.54, 1.807) is 18.3 Å². The Labute approximate surface area is 128 Å². The minimum atomic E-state index is -0.188. The Morgan fingerprint density at radius 3 is 3.05 bits per heavy atom. The first-order chi connectivity index (χ1) is 9.61. The smallest absolute Gasteiger partial charge is 0.262 e. The van der Waals surface area contributed by atoms with Gasteiger partial charge >= 0.3 is 0 Å². The van der Waals surface area contributed by atoms with E-state index in [1.165, 1.54) is 11.3 Å². The van der Waals surface area contributed by atoms with E-state index in [4.69, 9.17) is 27.9 Å². The summed E-state index contributed by atoms with van der Waals surface area (Å²) >= 11 is 13.4. The van der Waals surface area contributed by atoms with Gasteiger partial charge in [-0.05, 0) is 6.07 Å². The van der Waals surface area contributed by atoms with Crippen LogP contribution < -0.4 is 15.4 Å². The van der Waals surface area contributed by atoms with Gasteiger partial charge in [-0.2, -0.15) is 0 Å². The summed E-state index contributed by atoms with van der Waals surface area (Å²) in [4.78, 5) is 15.4. The number of carbonyl (C=O) groups excluding carboxylic acids is 1. The van der Waals surface area contributed by atoms with Crippen LogP contribution in [-0.2, 0) is 11.3 Å². The molecule has 0 unspecified atom stereocenters. The maximum atomic E-state index is 11.2. The Morgan fingerprint density at radius 2 is 2.30 bits per heavy atom. The number of aromatic nitrogens is 1. The third kappa shape index (κ3) is 2.82. The van der Waals surface area contributed by atoms with Gasteiger partial charge in [0.1, 0.15) is 15.1 Å². The van der Waals surface area contributed by atoms with Gasteiger partial charge in [0, 0.05) is 6.07 Å². The summed E-state index contributed by atoms with van der Waals surface area (Å²) in [7, 11) is 0. The number of fused-ring (bicyclic) bond motifs is 1. The number of carbonyl (C=O) groups is 1. The fourth-order valence-electron chi connectivity index (χ4n) is 1.78. The second-order valence-corrected chi connectivity index (χ2v) is 6.23. The Hall–Kier alpha value is -1.50. The van der Waals surface area contributed by atoms with E-state index in [-0.39, 0.29) is 12.5 Å². The molecule has 5 nitrogen and oxygen atoms in total. The summed E-state index contributed by atoms with van der Waals surface area (Å²) in [5.74, 6) is 0.403. The van der Waals surface area contributed by atoms with Crippen molar-refractivity contribution in [3.8, 4) is 5.75 Å². The average Bonchev–Trinajstić information content (AvgIpc) is 2.82. The SMILES string of the molecule is O=C1COc2cc(NCc3ncc(Cl)s3)c(Cl)cc2N1. The van der Waals surface area contributed by atoms with Crippen LogP contribution >= 0.6 is 34.5 Å². The molecule has 0 spiro atoms. The maximum absolute atomic E-state index is 11.2. The molecular weight excluding hydrogens is 321 g/mol. The van der Waals surface area contributed by atoms with Gasteiger partial charge in [-0.15, -0.1) is 11.3 Å². The molecule has 2 N–H and O–H groups in total. The number of nitrogens with zero attached hydrogens (tertiary/aromatic N) is 1. The first-order valence-electron chi connectivity index (χ1n) is 5.72. The van der Waals surface area contributed by atoms with E-state index in [1.807, 2.05) is 0 Å². The summed E-state index contributed by atoms with van der Waals surface area (Å²) in [5, 5.41) is 7.23. The third-order valence-corrected chi connectivity index (χ3v) is 4.09. The highest BCUT2D eigenvalue weighted by Gasteiger charge is 2.18. The summed E-state index contributed by atoms with van der Waals surface area (Å²) in [6.45, 7) is 0.526. The zero-order valence-corrected chi connectivity index (χ0v) is 12.4. The number of nitrogens with one attached hydrogen (secondary N) is 2. The van der Waals surface area contributed by atoms with Gasteiger partial charge in [-0.25, -0.2) is 4.98 Å². The predicted octanol–water partition coefficient (Wildman–Crippen LogP) is 3.39. The number of hydrogen-bond donors (Lipinski definition) is 2. The van der Waals surface area contributed by atoms with Gasteiger partial charge in [0.2, 0.25) is 0 Å². The Morgan fingerprint density at radius 1 is 1.45 bits per heavy atom. The molecule has 0 saturated carbocycles. The largest absolute Gasteiger partial charge is 0.482 e. The average molecular weight is 330 g/mol. The predicted molar refractivity (Wildman–Crippen MR) is 80.0 cm³/mol. The summed E-state index contributed by atoms with van der Waals surface area (Å²) in [5.41, 5.74) is 1.29.